The third kappa shape index (κ3) is 6.78. The fraction of sp³-hybridized carbons (Fsp3) is 0.517. The summed E-state index contributed by atoms with van der Waals surface area (Å²) in [7, 11) is 3.31. The summed E-state index contributed by atoms with van der Waals surface area (Å²) < 4.78 is 16.0. The number of nitrogens with two attached hydrogens (primary N) is 1. The molecular weight excluding hydrogens is 564 g/mol. The van der Waals surface area contributed by atoms with E-state index in [2.05, 4.69) is 10.2 Å². The number of nitrogens with zero attached hydrogens (tertiary/aromatic N) is 4. The van der Waals surface area contributed by atoms with Crippen LogP contribution < -0.4 is 20.7 Å². The van der Waals surface area contributed by atoms with Gasteiger partial charge in [0.2, 0.25) is 0 Å². The Morgan fingerprint density at radius 1 is 1.19 bits per heavy atom. The highest BCUT2D eigenvalue weighted by molar-refractivity contribution is 6.33. The number of hydrogen-bond acceptors (Lipinski definition) is 11. The number of Topliss-reactive ketones (excluding diaryl/α,β-unsaturated/α-hetero) is 1. The van der Waals surface area contributed by atoms with Gasteiger partial charge in [0.05, 0.1) is 22.9 Å². The number of likely N-dealkylation sites (N-methyl/N-ethyl adjacent to an activating group) is 1. The van der Waals surface area contributed by atoms with E-state index in [1.165, 1.54) is 6.92 Å². The van der Waals surface area contributed by atoms with E-state index in [0.717, 1.165) is 5.56 Å². The molecule has 42 heavy (non-hydrogen) atoms. The number of aliphatic hydroxyl groups is 1. The minimum absolute atomic E-state index is 0.0550. The lowest BCUT2D eigenvalue weighted by Gasteiger charge is -2.60. The maximum atomic E-state index is 12.7. The first-order valence-electron chi connectivity index (χ1n) is 13.8. The minimum Gasteiger partial charge on any atom is -0.491 e. The highest BCUT2D eigenvalue weighted by Gasteiger charge is 2.54. The molecule has 2 aromatic rings. The monoisotopic (exact) mass is 602 g/mol. The number of benzene rings is 1. The van der Waals surface area contributed by atoms with Gasteiger partial charge < -0.3 is 40.2 Å². The molecule has 2 aliphatic rings. The van der Waals surface area contributed by atoms with Crippen molar-refractivity contribution in [3.05, 3.63) is 40.2 Å². The third-order valence-corrected chi connectivity index (χ3v) is 7.67. The van der Waals surface area contributed by atoms with Gasteiger partial charge >= 0.3 is 6.09 Å². The summed E-state index contributed by atoms with van der Waals surface area (Å²) in [5.41, 5.74) is 8.45. The Balaban J connectivity index is 1.62. The number of methoxy groups -OCH3 is 1. The topological polar surface area (TPSA) is 152 Å². The number of carbonyl (C=O) groups excluding carboxylic acids is 2. The number of rotatable bonds is 12. The molecule has 12 nitrogen and oxygen atoms in total. The summed E-state index contributed by atoms with van der Waals surface area (Å²) in [4.78, 5) is 38.4. The number of carbonyl (C=O) groups is 2. The van der Waals surface area contributed by atoms with Crippen LogP contribution in [0.1, 0.15) is 25.1 Å². The van der Waals surface area contributed by atoms with Gasteiger partial charge in [-0.05, 0) is 46.0 Å². The van der Waals surface area contributed by atoms with Crippen LogP contribution in [0.5, 0.6) is 5.75 Å². The molecule has 0 aliphatic carbocycles. The van der Waals surface area contributed by atoms with Crippen LogP contribution in [0, 0.1) is 12.3 Å². The number of likely N-dealkylation sites (tertiary alicyclic amines) is 1. The number of amides is 1. The first-order valence-corrected chi connectivity index (χ1v) is 14.1. The predicted octanol–water partition coefficient (Wildman–Crippen LogP) is 2.25. The van der Waals surface area contributed by atoms with E-state index >= 15 is 0 Å². The number of aromatic nitrogens is 2. The van der Waals surface area contributed by atoms with Crippen molar-refractivity contribution in [1.82, 2.24) is 20.2 Å². The van der Waals surface area contributed by atoms with Crippen LogP contribution in [0.15, 0.2) is 23.9 Å². The molecule has 1 aromatic carbocycles. The number of halogens is 1. The second kappa shape index (κ2) is 13.2. The van der Waals surface area contributed by atoms with Gasteiger partial charge in [-0.2, -0.15) is 0 Å². The quantitative estimate of drug-likeness (QED) is 0.242. The first-order chi connectivity index (χ1) is 20.0. The molecule has 13 heteroatoms. The van der Waals surface area contributed by atoms with Crippen molar-refractivity contribution in [1.29, 1.82) is 0 Å². The van der Waals surface area contributed by atoms with E-state index in [0.29, 0.717) is 84.3 Å². The molecular formula is C29H39ClN6O6. The highest BCUT2D eigenvalue weighted by Crippen LogP contribution is 2.44. The molecule has 0 saturated carbocycles. The Hall–Kier alpha value is -3.45. The lowest BCUT2D eigenvalue weighted by atomic mass is 9.73. The van der Waals surface area contributed by atoms with Gasteiger partial charge in [0.1, 0.15) is 30.9 Å². The van der Waals surface area contributed by atoms with E-state index in [1.807, 2.05) is 6.92 Å². The molecule has 4 rings (SSSR count). The SMILES string of the molecule is CNC[C@@H](O)COc1ccc(Cl)c(-c2nc(C(C(C)=O)=C(C)N)c(C)c(N3CC4(CN(C(=O)OCCOC)C4)C3)n2)c1. The third-order valence-electron chi connectivity index (χ3n) is 7.34. The zero-order chi connectivity index (χ0) is 30.6. The summed E-state index contributed by atoms with van der Waals surface area (Å²) in [5, 5.41) is 13.4. The lowest BCUT2D eigenvalue weighted by Crippen LogP contribution is -2.73. The van der Waals surface area contributed by atoms with Crippen molar-refractivity contribution in [2.75, 3.05) is 71.6 Å². The van der Waals surface area contributed by atoms with Crippen LogP contribution in [0.25, 0.3) is 17.0 Å². The Kier molecular flexibility index (Phi) is 9.93. The Morgan fingerprint density at radius 2 is 1.90 bits per heavy atom. The molecule has 1 atom stereocenters. The second-order valence-corrected chi connectivity index (χ2v) is 11.3. The summed E-state index contributed by atoms with van der Waals surface area (Å²) >= 11 is 6.62. The molecule has 0 radical (unpaired) electrons. The fourth-order valence-corrected chi connectivity index (χ4v) is 5.57. The van der Waals surface area contributed by atoms with Crippen molar-refractivity contribution in [2.45, 2.75) is 26.9 Å². The average molecular weight is 603 g/mol. The summed E-state index contributed by atoms with van der Waals surface area (Å²) in [6.07, 6.45) is -1.03. The number of nitrogens with one attached hydrogen (secondary N) is 1. The molecule has 0 bridgehead atoms. The molecule has 2 saturated heterocycles. The van der Waals surface area contributed by atoms with Gasteiger partial charge in [0, 0.05) is 62.1 Å². The molecule has 1 spiro atoms. The van der Waals surface area contributed by atoms with Gasteiger partial charge in [-0.15, -0.1) is 0 Å². The molecule has 4 N–H and O–H groups in total. The second-order valence-electron chi connectivity index (χ2n) is 10.9. The zero-order valence-corrected chi connectivity index (χ0v) is 25.5. The van der Waals surface area contributed by atoms with Crippen LogP contribution in [0.2, 0.25) is 5.02 Å². The van der Waals surface area contributed by atoms with Crippen LogP contribution in [0.3, 0.4) is 0 Å². The number of hydrogen-bond donors (Lipinski definition) is 3. The maximum Gasteiger partial charge on any atom is 0.409 e. The van der Waals surface area contributed by atoms with Crippen molar-refractivity contribution >= 4 is 34.9 Å². The standard InChI is InChI=1S/C29H39ClN6O6/c1-17-25(24(18(2)31)19(3)37)33-26(22-10-21(6-7-23(22)30)42-12-20(38)11-32-4)34-27(17)35-13-29(14-35)15-36(16-29)28(39)41-9-8-40-5/h6-7,10,20,32,38H,8-9,11-16,31H2,1-5H3/t20-/m1/s1. The molecule has 2 fully saturated rings. The van der Waals surface area contributed by atoms with E-state index < -0.39 is 6.10 Å². The minimum atomic E-state index is -0.688. The van der Waals surface area contributed by atoms with Crippen LogP contribution in [0.4, 0.5) is 10.6 Å². The molecule has 1 aromatic heterocycles. The van der Waals surface area contributed by atoms with Gasteiger partial charge in [0.25, 0.3) is 0 Å². The predicted molar refractivity (Wildman–Crippen MR) is 160 cm³/mol. The fourth-order valence-electron chi connectivity index (χ4n) is 5.37. The van der Waals surface area contributed by atoms with Crippen molar-refractivity contribution in [3.8, 4) is 17.1 Å². The number of aliphatic hydroxyl groups excluding tert-OH is 1. The summed E-state index contributed by atoms with van der Waals surface area (Å²) in [5.74, 6) is 1.25. The normalized spacial score (nSPS) is 16.8. The number of ketones is 1. The number of ether oxygens (including phenoxy) is 3. The van der Waals surface area contributed by atoms with Crippen LogP contribution in [-0.2, 0) is 14.3 Å². The van der Waals surface area contributed by atoms with Gasteiger partial charge in [-0.1, -0.05) is 11.6 Å². The lowest BCUT2D eigenvalue weighted by molar-refractivity contribution is -0.111. The maximum absolute atomic E-state index is 12.7. The Morgan fingerprint density at radius 3 is 2.52 bits per heavy atom. The molecule has 228 valence electrons. The molecule has 0 unspecified atom stereocenters. The van der Waals surface area contributed by atoms with Gasteiger partial charge in [-0.25, -0.2) is 14.8 Å². The van der Waals surface area contributed by atoms with Crippen molar-refractivity contribution < 1.29 is 28.9 Å². The number of allylic oxidation sites excluding steroid dienone is 2. The number of anilines is 1. The molecule has 2 aliphatic heterocycles. The Bertz CT molecular complexity index is 1350. The van der Waals surface area contributed by atoms with Crippen LogP contribution in [-0.4, -0.2) is 105 Å². The van der Waals surface area contributed by atoms with E-state index in [4.69, 9.17) is 41.5 Å². The molecule has 1 amide bonds. The smallest absolute Gasteiger partial charge is 0.409 e. The van der Waals surface area contributed by atoms with E-state index in [9.17, 15) is 14.7 Å². The summed E-state index contributed by atoms with van der Waals surface area (Å²) in [6.45, 7) is 8.56. The van der Waals surface area contributed by atoms with Gasteiger partial charge in [-0.3, -0.25) is 4.79 Å². The molecule has 3 heterocycles. The van der Waals surface area contributed by atoms with Crippen LogP contribution >= 0.6 is 11.6 Å². The van der Waals surface area contributed by atoms with Gasteiger partial charge in [0.15, 0.2) is 11.6 Å². The van der Waals surface area contributed by atoms with E-state index in [1.54, 1.807) is 44.2 Å². The van der Waals surface area contributed by atoms with E-state index in [-0.39, 0.29) is 30.5 Å². The zero-order valence-electron chi connectivity index (χ0n) is 24.7. The van der Waals surface area contributed by atoms with Crippen molar-refractivity contribution in [2.24, 2.45) is 11.1 Å². The highest BCUT2D eigenvalue weighted by atomic mass is 35.5. The first kappa shape index (κ1) is 31.5. The Labute approximate surface area is 250 Å². The average Bonchev–Trinajstić information content (AvgIpc) is 2.88. The largest absolute Gasteiger partial charge is 0.491 e. The van der Waals surface area contributed by atoms with Crippen molar-refractivity contribution in [3.63, 3.8) is 0 Å². The summed E-state index contributed by atoms with van der Waals surface area (Å²) in [6, 6.07) is 5.11.